The number of halogens is 1. The molecule has 7 nitrogen and oxygen atoms in total. The molecule has 8 heteroatoms. The number of rotatable bonds is 7. The van der Waals surface area contributed by atoms with Crippen molar-refractivity contribution < 1.29 is 19.1 Å². The standard InChI is InChI=1S/C18H24ClN3O4/c1-12(23)7-8-21(9-10-22(17(24)25)18(2,3)4)16-20-14-11-13(19)5-6-15(14)26-16/h5-6,11H,7-10H2,1-4H3,(H,24,25). The molecule has 0 bridgehead atoms. The molecule has 0 unspecified atom stereocenters. The zero-order chi connectivity index (χ0) is 19.5. The van der Waals surface area contributed by atoms with Gasteiger partial charge in [-0.1, -0.05) is 11.6 Å². The molecule has 0 aliphatic carbocycles. The molecule has 1 heterocycles. The Morgan fingerprint density at radius 1 is 1.23 bits per heavy atom. The summed E-state index contributed by atoms with van der Waals surface area (Å²) in [6.07, 6.45) is -0.671. The van der Waals surface area contributed by atoms with Crippen molar-refractivity contribution in [1.82, 2.24) is 9.88 Å². The van der Waals surface area contributed by atoms with E-state index in [-0.39, 0.29) is 12.3 Å². The number of fused-ring (bicyclic) bond motifs is 1. The molecule has 1 aromatic carbocycles. The number of carboxylic acid groups (broad SMARTS) is 1. The first-order valence-corrected chi connectivity index (χ1v) is 8.77. The van der Waals surface area contributed by atoms with Crippen LogP contribution >= 0.6 is 11.6 Å². The van der Waals surface area contributed by atoms with E-state index in [4.69, 9.17) is 16.0 Å². The lowest BCUT2D eigenvalue weighted by Crippen LogP contribution is -2.48. The molecule has 2 aromatic rings. The number of nitrogens with zero attached hydrogens (tertiary/aromatic N) is 3. The number of carbonyl (C=O) groups excluding carboxylic acids is 1. The lowest BCUT2D eigenvalue weighted by molar-refractivity contribution is -0.116. The number of Topliss-reactive ketones (excluding diaryl/α,β-unsaturated/α-hetero) is 1. The maximum absolute atomic E-state index is 11.5. The minimum absolute atomic E-state index is 0.0417. The Morgan fingerprint density at radius 2 is 1.92 bits per heavy atom. The number of anilines is 1. The van der Waals surface area contributed by atoms with E-state index in [0.717, 1.165) is 0 Å². The summed E-state index contributed by atoms with van der Waals surface area (Å²) in [5.74, 6) is 0.0417. The molecule has 26 heavy (non-hydrogen) atoms. The maximum Gasteiger partial charge on any atom is 0.407 e. The predicted octanol–water partition coefficient (Wildman–Crippen LogP) is 4.05. The molecule has 1 N–H and O–H groups in total. The molecule has 0 radical (unpaired) electrons. The van der Waals surface area contributed by atoms with Gasteiger partial charge in [0.1, 0.15) is 11.3 Å². The normalized spacial score (nSPS) is 11.6. The SMILES string of the molecule is CC(=O)CCN(CCN(C(=O)O)C(C)(C)C)c1nc2cc(Cl)ccc2o1. The van der Waals surface area contributed by atoms with E-state index in [1.807, 2.05) is 20.8 Å². The molecule has 142 valence electrons. The first kappa shape index (κ1) is 20.0. The molecule has 0 saturated heterocycles. The number of oxazole rings is 1. The third-order valence-corrected chi connectivity index (χ3v) is 4.21. The zero-order valence-electron chi connectivity index (χ0n) is 15.5. The van der Waals surface area contributed by atoms with Gasteiger partial charge in [0, 0.05) is 36.6 Å². The van der Waals surface area contributed by atoms with Crippen molar-refractivity contribution in [3.63, 3.8) is 0 Å². The Bertz CT molecular complexity index is 797. The third kappa shape index (κ3) is 5.11. The molecule has 0 atom stereocenters. The average molecular weight is 382 g/mol. The fraction of sp³-hybridized carbons (Fsp3) is 0.500. The van der Waals surface area contributed by atoms with Crippen LogP contribution in [0.5, 0.6) is 0 Å². The molecular formula is C18H24ClN3O4. The van der Waals surface area contributed by atoms with Gasteiger partial charge in [-0.15, -0.1) is 0 Å². The summed E-state index contributed by atoms with van der Waals surface area (Å²) in [5, 5.41) is 10.0. The minimum Gasteiger partial charge on any atom is -0.465 e. The van der Waals surface area contributed by atoms with Crippen LogP contribution in [0.1, 0.15) is 34.1 Å². The molecular weight excluding hydrogens is 358 g/mol. The summed E-state index contributed by atoms with van der Waals surface area (Å²) in [5.41, 5.74) is 0.668. The highest BCUT2D eigenvalue weighted by molar-refractivity contribution is 6.31. The molecule has 0 aliphatic heterocycles. The van der Waals surface area contributed by atoms with Crippen LogP contribution in [-0.2, 0) is 4.79 Å². The van der Waals surface area contributed by atoms with Gasteiger partial charge in [0.25, 0.3) is 6.01 Å². The Labute approximate surface area is 157 Å². The molecule has 0 fully saturated rings. The topological polar surface area (TPSA) is 86.9 Å². The zero-order valence-corrected chi connectivity index (χ0v) is 16.2. The van der Waals surface area contributed by atoms with Crippen LogP contribution in [0.2, 0.25) is 5.02 Å². The van der Waals surface area contributed by atoms with Crippen LogP contribution in [-0.4, -0.2) is 52.0 Å². The first-order valence-electron chi connectivity index (χ1n) is 8.39. The fourth-order valence-electron chi connectivity index (χ4n) is 2.56. The van der Waals surface area contributed by atoms with E-state index >= 15 is 0 Å². The highest BCUT2D eigenvalue weighted by atomic mass is 35.5. The van der Waals surface area contributed by atoms with Crippen LogP contribution in [0.25, 0.3) is 11.1 Å². The van der Waals surface area contributed by atoms with Crippen LogP contribution in [0.4, 0.5) is 10.8 Å². The molecule has 1 amide bonds. The van der Waals surface area contributed by atoms with Crippen molar-refractivity contribution >= 4 is 40.6 Å². The molecule has 1 aromatic heterocycles. The van der Waals surface area contributed by atoms with E-state index in [1.165, 1.54) is 11.8 Å². The number of aromatic nitrogens is 1. The van der Waals surface area contributed by atoms with Crippen LogP contribution in [0.3, 0.4) is 0 Å². The third-order valence-electron chi connectivity index (χ3n) is 3.98. The predicted molar refractivity (Wildman–Crippen MR) is 101 cm³/mol. The van der Waals surface area contributed by atoms with Gasteiger partial charge in [0.2, 0.25) is 0 Å². The Hall–Kier alpha value is -2.28. The first-order chi connectivity index (χ1) is 12.1. The van der Waals surface area contributed by atoms with Crippen molar-refractivity contribution in [1.29, 1.82) is 0 Å². The van der Waals surface area contributed by atoms with E-state index in [2.05, 4.69) is 4.98 Å². The number of benzene rings is 1. The molecule has 0 aliphatic rings. The second-order valence-electron chi connectivity index (χ2n) is 7.15. The van der Waals surface area contributed by atoms with Crippen molar-refractivity contribution in [2.75, 3.05) is 24.5 Å². The van der Waals surface area contributed by atoms with E-state index in [1.54, 1.807) is 23.1 Å². The maximum atomic E-state index is 11.5. The van der Waals surface area contributed by atoms with Gasteiger partial charge in [-0.3, -0.25) is 4.79 Å². The van der Waals surface area contributed by atoms with Gasteiger partial charge in [-0.05, 0) is 45.9 Å². The van der Waals surface area contributed by atoms with E-state index < -0.39 is 11.6 Å². The Balaban J connectivity index is 2.24. The second kappa shape index (κ2) is 7.95. The monoisotopic (exact) mass is 381 g/mol. The summed E-state index contributed by atoms with van der Waals surface area (Å²) in [6, 6.07) is 5.49. The largest absolute Gasteiger partial charge is 0.465 e. The lowest BCUT2D eigenvalue weighted by atomic mass is 10.1. The van der Waals surface area contributed by atoms with Crippen LogP contribution in [0.15, 0.2) is 22.6 Å². The van der Waals surface area contributed by atoms with Crippen molar-refractivity contribution in [3.8, 4) is 0 Å². The molecule has 0 saturated carbocycles. The van der Waals surface area contributed by atoms with Gasteiger partial charge in [0.05, 0.1) is 0 Å². The van der Waals surface area contributed by atoms with Crippen molar-refractivity contribution in [2.45, 2.75) is 39.7 Å². The number of hydrogen-bond acceptors (Lipinski definition) is 5. The molecule has 0 spiro atoms. The average Bonchev–Trinajstić information content (AvgIpc) is 2.91. The Morgan fingerprint density at radius 3 is 2.50 bits per heavy atom. The minimum atomic E-state index is -0.992. The molecule has 2 rings (SSSR count). The van der Waals surface area contributed by atoms with E-state index in [9.17, 15) is 14.7 Å². The lowest BCUT2D eigenvalue weighted by Gasteiger charge is -2.34. The quantitative estimate of drug-likeness (QED) is 0.778. The summed E-state index contributed by atoms with van der Waals surface area (Å²) in [4.78, 5) is 30.5. The van der Waals surface area contributed by atoms with Crippen molar-refractivity contribution in [2.24, 2.45) is 0 Å². The summed E-state index contributed by atoms with van der Waals surface area (Å²) >= 11 is 5.99. The Kier molecular flexibility index (Phi) is 6.13. The summed E-state index contributed by atoms with van der Waals surface area (Å²) < 4.78 is 5.77. The summed E-state index contributed by atoms with van der Waals surface area (Å²) in [7, 11) is 0. The number of amides is 1. The van der Waals surface area contributed by atoms with Gasteiger partial charge in [-0.2, -0.15) is 4.98 Å². The van der Waals surface area contributed by atoms with Gasteiger partial charge in [-0.25, -0.2) is 4.79 Å². The smallest absolute Gasteiger partial charge is 0.407 e. The van der Waals surface area contributed by atoms with Crippen LogP contribution in [0, 0.1) is 0 Å². The van der Waals surface area contributed by atoms with Crippen molar-refractivity contribution in [3.05, 3.63) is 23.2 Å². The van der Waals surface area contributed by atoms with Gasteiger partial charge >= 0.3 is 6.09 Å². The van der Waals surface area contributed by atoms with Gasteiger partial charge in [0.15, 0.2) is 5.58 Å². The highest BCUT2D eigenvalue weighted by Crippen LogP contribution is 2.25. The number of carbonyl (C=O) groups is 2. The fourth-order valence-corrected chi connectivity index (χ4v) is 2.72. The number of hydrogen-bond donors (Lipinski definition) is 1. The van der Waals surface area contributed by atoms with E-state index in [0.29, 0.717) is 41.6 Å². The second-order valence-corrected chi connectivity index (χ2v) is 7.59. The van der Waals surface area contributed by atoms with Crippen LogP contribution < -0.4 is 4.90 Å². The number of ketones is 1. The highest BCUT2D eigenvalue weighted by Gasteiger charge is 2.27. The van der Waals surface area contributed by atoms with Gasteiger partial charge < -0.3 is 19.3 Å². The summed E-state index contributed by atoms with van der Waals surface area (Å²) in [6.45, 7) is 8.04.